The fourth-order valence-corrected chi connectivity index (χ4v) is 4.14. The van der Waals surface area contributed by atoms with E-state index in [0.717, 1.165) is 38.5 Å². The SMILES string of the molecule is CCCCCNC(=O)[C@@H](N)CCCNC(=O)[C@H](CCC(C)C)Cc1ccc(-c2ccccc2)cc1. The molecule has 2 aromatic rings. The average Bonchev–Trinajstić information content (AvgIpc) is 2.87. The van der Waals surface area contributed by atoms with E-state index in [2.05, 4.69) is 67.8 Å². The van der Waals surface area contributed by atoms with Gasteiger partial charge in [-0.25, -0.2) is 0 Å². The quantitative estimate of drug-likeness (QED) is 0.279. The first-order chi connectivity index (χ1) is 16.9. The molecule has 0 fully saturated rings. The predicted molar refractivity (Wildman–Crippen MR) is 146 cm³/mol. The van der Waals surface area contributed by atoms with Gasteiger partial charge in [0.2, 0.25) is 11.8 Å². The molecular formula is C30H45N3O2. The number of amides is 2. The van der Waals surface area contributed by atoms with E-state index in [1.54, 1.807) is 0 Å². The van der Waals surface area contributed by atoms with Crippen molar-refractivity contribution >= 4 is 11.8 Å². The van der Waals surface area contributed by atoms with Crippen LogP contribution < -0.4 is 16.4 Å². The van der Waals surface area contributed by atoms with Crippen LogP contribution >= 0.6 is 0 Å². The Morgan fingerprint density at radius 3 is 2.06 bits per heavy atom. The number of unbranched alkanes of at least 4 members (excludes halogenated alkanes) is 2. The number of hydrogen-bond donors (Lipinski definition) is 3. The number of benzene rings is 2. The summed E-state index contributed by atoms with van der Waals surface area (Å²) < 4.78 is 0. The van der Waals surface area contributed by atoms with Crippen molar-refractivity contribution < 1.29 is 9.59 Å². The zero-order chi connectivity index (χ0) is 25.5. The summed E-state index contributed by atoms with van der Waals surface area (Å²) in [7, 11) is 0. The van der Waals surface area contributed by atoms with Gasteiger partial charge < -0.3 is 16.4 Å². The Labute approximate surface area is 212 Å². The molecule has 0 saturated carbocycles. The lowest BCUT2D eigenvalue weighted by molar-refractivity contribution is -0.125. The van der Waals surface area contributed by atoms with Crippen LogP contribution in [-0.4, -0.2) is 30.9 Å². The maximum atomic E-state index is 13.0. The highest BCUT2D eigenvalue weighted by Gasteiger charge is 2.20. The normalized spacial score (nSPS) is 12.8. The third kappa shape index (κ3) is 11.1. The summed E-state index contributed by atoms with van der Waals surface area (Å²) in [6.07, 6.45) is 7.09. The second-order valence-electron chi connectivity index (χ2n) is 9.97. The largest absolute Gasteiger partial charge is 0.356 e. The Morgan fingerprint density at radius 2 is 1.40 bits per heavy atom. The average molecular weight is 480 g/mol. The van der Waals surface area contributed by atoms with Crippen molar-refractivity contribution in [3.05, 3.63) is 60.2 Å². The topological polar surface area (TPSA) is 84.2 Å². The first kappa shape index (κ1) is 28.6. The van der Waals surface area contributed by atoms with E-state index in [9.17, 15) is 9.59 Å². The second kappa shape index (κ2) is 16.1. The highest BCUT2D eigenvalue weighted by atomic mass is 16.2. The van der Waals surface area contributed by atoms with Gasteiger partial charge in [-0.1, -0.05) is 94.6 Å². The van der Waals surface area contributed by atoms with Gasteiger partial charge in [-0.05, 0) is 54.7 Å². The molecule has 0 aliphatic carbocycles. The standard InChI is InChI=1S/C30H45N3O2/c1-4-5-9-20-33-30(35)28(31)13-10-21-32-29(34)27(17-14-23(2)3)22-24-15-18-26(19-16-24)25-11-7-6-8-12-25/h6-8,11-12,15-16,18-19,23,27-28H,4-5,9-10,13-14,17,20-22,31H2,1-3H3,(H,32,34)(H,33,35)/t27-,28+/m1/s1. The van der Waals surface area contributed by atoms with Gasteiger partial charge in [-0.15, -0.1) is 0 Å². The van der Waals surface area contributed by atoms with E-state index in [4.69, 9.17) is 5.73 Å². The van der Waals surface area contributed by atoms with Gasteiger partial charge in [0.25, 0.3) is 0 Å². The van der Waals surface area contributed by atoms with E-state index in [-0.39, 0.29) is 17.7 Å². The molecule has 5 nitrogen and oxygen atoms in total. The molecule has 0 spiro atoms. The molecule has 2 atom stereocenters. The van der Waals surface area contributed by atoms with Crippen LogP contribution in [0.3, 0.4) is 0 Å². The minimum absolute atomic E-state index is 0.0597. The number of nitrogens with two attached hydrogens (primary N) is 1. The minimum Gasteiger partial charge on any atom is -0.356 e. The summed E-state index contributed by atoms with van der Waals surface area (Å²) in [5.74, 6) is 0.492. The monoisotopic (exact) mass is 479 g/mol. The molecule has 0 aliphatic heterocycles. The van der Waals surface area contributed by atoms with E-state index < -0.39 is 6.04 Å². The molecule has 35 heavy (non-hydrogen) atoms. The van der Waals surface area contributed by atoms with Crippen LogP contribution in [0.25, 0.3) is 11.1 Å². The minimum atomic E-state index is -0.520. The van der Waals surface area contributed by atoms with Crippen LogP contribution in [0, 0.1) is 11.8 Å². The summed E-state index contributed by atoms with van der Waals surface area (Å²) >= 11 is 0. The Balaban J connectivity index is 1.83. The van der Waals surface area contributed by atoms with Crippen molar-refractivity contribution in [1.29, 1.82) is 0 Å². The maximum Gasteiger partial charge on any atom is 0.236 e. The van der Waals surface area contributed by atoms with Gasteiger partial charge in [0.1, 0.15) is 0 Å². The number of carbonyl (C=O) groups is 2. The molecule has 0 bridgehead atoms. The van der Waals surface area contributed by atoms with Crippen LogP contribution in [-0.2, 0) is 16.0 Å². The van der Waals surface area contributed by atoms with Gasteiger partial charge in [0.15, 0.2) is 0 Å². The summed E-state index contributed by atoms with van der Waals surface area (Å²) in [6, 6.07) is 18.3. The smallest absolute Gasteiger partial charge is 0.236 e. The number of nitrogens with one attached hydrogen (secondary N) is 2. The first-order valence-electron chi connectivity index (χ1n) is 13.4. The lowest BCUT2D eigenvalue weighted by Crippen LogP contribution is -2.41. The van der Waals surface area contributed by atoms with Crippen LogP contribution in [0.15, 0.2) is 54.6 Å². The fraction of sp³-hybridized carbons (Fsp3) is 0.533. The molecule has 2 rings (SSSR count). The van der Waals surface area contributed by atoms with E-state index in [0.29, 0.717) is 31.8 Å². The van der Waals surface area contributed by atoms with Gasteiger partial charge in [-0.2, -0.15) is 0 Å². The molecule has 0 aromatic heterocycles. The van der Waals surface area contributed by atoms with Crippen LogP contribution in [0.2, 0.25) is 0 Å². The predicted octanol–water partition coefficient (Wildman–Crippen LogP) is 5.48. The van der Waals surface area contributed by atoms with Crippen molar-refractivity contribution in [1.82, 2.24) is 10.6 Å². The highest BCUT2D eigenvalue weighted by Crippen LogP contribution is 2.22. The molecule has 2 aromatic carbocycles. The lowest BCUT2D eigenvalue weighted by atomic mass is 9.90. The molecule has 192 valence electrons. The summed E-state index contributed by atoms with van der Waals surface area (Å²) in [6.45, 7) is 7.75. The van der Waals surface area contributed by atoms with E-state index >= 15 is 0 Å². The molecule has 5 heteroatoms. The summed E-state index contributed by atoms with van der Waals surface area (Å²) in [5, 5.41) is 5.99. The molecule has 0 saturated heterocycles. The highest BCUT2D eigenvalue weighted by molar-refractivity contribution is 5.81. The molecule has 0 unspecified atom stereocenters. The van der Waals surface area contributed by atoms with Crippen molar-refractivity contribution in [2.75, 3.05) is 13.1 Å². The van der Waals surface area contributed by atoms with Crippen molar-refractivity contribution in [3.63, 3.8) is 0 Å². The number of carbonyl (C=O) groups excluding carboxylic acids is 2. The van der Waals surface area contributed by atoms with Crippen LogP contribution in [0.5, 0.6) is 0 Å². The third-order valence-electron chi connectivity index (χ3n) is 6.41. The zero-order valence-corrected chi connectivity index (χ0v) is 21.9. The van der Waals surface area contributed by atoms with Crippen LogP contribution in [0.4, 0.5) is 0 Å². The Kier molecular flexibility index (Phi) is 13.1. The molecule has 0 heterocycles. The molecule has 2 amide bonds. The summed E-state index contributed by atoms with van der Waals surface area (Å²) in [5.41, 5.74) is 9.58. The van der Waals surface area contributed by atoms with Crippen molar-refractivity contribution in [2.24, 2.45) is 17.6 Å². The Bertz CT molecular complexity index is 865. The number of rotatable bonds is 16. The molecular weight excluding hydrogens is 434 g/mol. The molecule has 0 aliphatic rings. The van der Waals surface area contributed by atoms with Crippen molar-refractivity contribution in [3.8, 4) is 11.1 Å². The van der Waals surface area contributed by atoms with Gasteiger partial charge in [0, 0.05) is 19.0 Å². The lowest BCUT2D eigenvalue weighted by Gasteiger charge is -2.19. The Morgan fingerprint density at radius 1 is 0.771 bits per heavy atom. The first-order valence-corrected chi connectivity index (χ1v) is 13.4. The summed E-state index contributed by atoms with van der Waals surface area (Å²) in [4.78, 5) is 25.1. The Hall–Kier alpha value is -2.66. The van der Waals surface area contributed by atoms with Crippen LogP contribution in [0.1, 0.15) is 71.3 Å². The van der Waals surface area contributed by atoms with Gasteiger partial charge in [0.05, 0.1) is 6.04 Å². The maximum absolute atomic E-state index is 13.0. The fourth-order valence-electron chi connectivity index (χ4n) is 4.14. The zero-order valence-electron chi connectivity index (χ0n) is 21.9. The number of hydrogen-bond acceptors (Lipinski definition) is 3. The molecule has 0 radical (unpaired) electrons. The van der Waals surface area contributed by atoms with Gasteiger partial charge >= 0.3 is 0 Å². The second-order valence-corrected chi connectivity index (χ2v) is 9.97. The third-order valence-corrected chi connectivity index (χ3v) is 6.41. The van der Waals surface area contributed by atoms with E-state index in [1.165, 1.54) is 16.7 Å². The van der Waals surface area contributed by atoms with Gasteiger partial charge in [-0.3, -0.25) is 9.59 Å². The van der Waals surface area contributed by atoms with E-state index in [1.807, 2.05) is 18.2 Å². The van der Waals surface area contributed by atoms with Crippen molar-refractivity contribution in [2.45, 2.75) is 78.2 Å². The molecule has 4 N–H and O–H groups in total.